The molecule has 0 fully saturated rings. The Bertz CT molecular complexity index is 1090. The van der Waals surface area contributed by atoms with E-state index < -0.39 is 0 Å². The monoisotopic (exact) mass is 403 g/mol. The number of allylic oxidation sites excluding steroid dienone is 1. The van der Waals surface area contributed by atoms with Gasteiger partial charge in [0.05, 0.1) is 0 Å². The van der Waals surface area contributed by atoms with Crippen LogP contribution in [-0.4, -0.2) is 37.2 Å². The van der Waals surface area contributed by atoms with E-state index in [-0.39, 0.29) is 6.09 Å². The number of amides is 1. The molecule has 1 aliphatic rings. The number of carbonyl (C=O) groups excluding carboxylic acids is 1. The summed E-state index contributed by atoms with van der Waals surface area (Å²) in [6.07, 6.45) is 7.54. The summed E-state index contributed by atoms with van der Waals surface area (Å²) in [7, 11) is 0. The standard InChI is InChI=1S/C25H29N3O2/c26-13-1-2-15-28(16-4-14-27)25(29)30-20-9-12-22-19(17-20)8-11-23-21-6-3-5-18(21)7-10-24(22)23/h3,5,7-12,17H,1-2,4,6,13-16,26-27H2. The van der Waals surface area contributed by atoms with Gasteiger partial charge in [0.1, 0.15) is 5.75 Å². The van der Waals surface area contributed by atoms with Crippen molar-refractivity contribution < 1.29 is 9.53 Å². The number of rotatable bonds is 8. The van der Waals surface area contributed by atoms with Crippen LogP contribution in [0.25, 0.3) is 27.6 Å². The van der Waals surface area contributed by atoms with Crippen molar-refractivity contribution in [2.45, 2.75) is 25.7 Å². The molecule has 0 unspecified atom stereocenters. The maximum atomic E-state index is 12.7. The third-order valence-corrected chi connectivity index (χ3v) is 5.73. The van der Waals surface area contributed by atoms with E-state index in [1.54, 1.807) is 4.90 Å². The Kier molecular flexibility index (Phi) is 6.31. The lowest BCUT2D eigenvalue weighted by Gasteiger charge is -2.22. The van der Waals surface area contributed by atoms with Crippen molar-refractivity contribution in [3.05, 3.63) is 59.7 Å². The second-order valence-corrected chi connectivity index (χ2v) is 7.78. The Morgan fingerprint density at radius 2 is 1.67 bits per heavy atom. The van der Waals surface area contributed by atoms with E-state index >= 15 is 0 Å². The van der Waals surface area contributed by atoms with Crippen LogP contribution in [-0.2, 0) is 6.42 Å². The SMILES string of the molecule is NCCCCN(CCCN)C(=O)Oc1ccc2c(ccc3c4c(ccc32)C=CC4)c1. The Balaban J connectivity index is 1.56. The molecular weight excluding hydrogens is 374 g/mol. The fourth-order valence-electron chi connectivity index (χ4n) is 4.14. The molecule has 0 heterocycles. The van der Waals surface area contributed by atoms with Gasteiger partial charge in [-0.1, -0.05) is 42.5 Å². The normalized spacial score (nSPS) is 12.5. The number of nitrogens with two attached hydrogens (primary N) is 2. The molecule has 3 aromatic rings. The summed E-state index contributed by atoms with van der Waals surface area (Å²) in [5.41, 5.74) is 13.9. The van der Waals surface area contributed by atoms with Crippen LogP contribution >= 0.6 is 0 Å². The highest BCUT2D eigenvalue weighted by Gasteiger charge is 2.16. The molecule has 0 aromatic heterocycles. The molecule has 5 heteroatoms. The van der Waals surface area contributed by atoms with Crippen LogP contribution in [0.2, 0.25) is 0 Å². The third-order valence-electron chi connectivity index (χ3n) is 5.73. The van der Waals surface area contributed by atoms with E-state index in [9.17, 15) is 4.79 Å². The predicted octanol–water partition coefficient (Wildman–Crippen LogP) is 4.45. The first-order chi connectivity index (χ1) is 14.7. The van der Waals surface area contributed by atoms with E-state index in [4.69, 9.17) is 16.2 Å². The van der Waals surface area contributed by atoms with Gasteiger partial charge in [-0.15, -0.1) is 0 Å². The minimum absolute atomic E-state index is 0.329. The van der Waals surface area contributed by atoms with E-state index in [2.05, 4.69) is 36.4 Å². The molecule has 1 amide bonds. The van der Waals surface area contributed by atoms with Crippen LogP contribution in [0.3, 0.4) is 0 Å². The third kappa shape index (κ3) is 4.18. The first kappa shape index (κ1) is 20.4. The maximum Gasteiger partial charge on any atom is 0.415 e. The van der Waals surface area contributed by atoms with Gasteiger partial charge in [0, 0.05) is 13.1 Å². The quantitative estimate of drug-likeness (QED) is 0.430. The maximum absolute atomic E-state index is 12.7. The molecule has 0 atom stereocenters. The largest absolute Gasteiger partial charge is 0.415 e. The second-order valence-electron chi connectivity index (χ2n) is 7.78. The molecule has 0 spiro atoms. The number of hydrogen-bond acceptors (Lipinski definition) is 4. The minimum atomic E-state index is -0.329. The fourth-order valence-corrected chi connectivity index (χ4v) is 4.14. The number of carbonyl (C=O) groups is 1. The first-order valence-electron chi connectivity index (χ1n) is 10.7. The van der Waals surface area contributed by atoms with E-state index in [1.807, 2.05) is 18.2 Å². The van der Waals surface area contributed by atoms with Crippen molar-refractivity contribution in [1.29, 1.82) is 0 Å². The molecule has 0 saturated carbocycles. The lowest BCUT2D eigenvalue weighted by Crippen LogP contribution is -2.36. The van der Waals surface area contributed by atoms with Gasteiger partial charge in [-0.3, -0.25) is 0 Å². The molecule has 4 rings (SSSR count). The smallest absolute Gasteiger partial charge is 0.410 e. The molecule has 0 aliphatic heterocycles. The number of hydrogen-bond donors (Lipinski definition) is 2. The van der Waals surface area contributed by atoms with Gasteiger partial charge >= 0.3 is 6.09 Å². The first-order valence-corrected chi connectivity index (χ1v) is 10.7. The molecule has 3 aromatic carbocycles. The lowest BCUT2D eigenvalue weighted by molar-refractivity contribution is 0.151. The Morgan fingerprint density at radius 1 is 0.900 bits per heavy atom. The summed E-state index contributed by atoms with van der Waals surface area (Å²) in [4.78, 5) is 14.4. The number of ether oxygens (including phenoxy) is 1. The van der Waals surface area contributed by atoms with Crippen molar-refractivity contribution in [1.82, 2.24) is 4.90 Å². The van der Waals surface area contributed by atoms with Crippen LogP contribution in [0.15, 0.2) is 48.5 Å². The van der Waals surface area contributed by atoms with E-state index in [1.165, 1.54) is 27.3 Å². The summed E-state index contributed by atoms with van der Waals surface area (Å²) < 4.78 is 5.70. The van der Waals surface area contributed by atoms with Crippen molar-refractivity contribution in [3.63, 3.8) is 0 Å². The number of benzene rings is 3. The minimum Gasteiger partial charge on any atom is -0.410 e. The van der Waals surface area contributed by atoms with E-state index in [0.717, 1.165) is 31.1 Å². The summed E-state index contributed by atoms with van der Waals surface area (Å²) in [6, 6.07) is 14.5. The summed E-state index contributed by atoms with van der Waals surface area (Å²) in [5, 5.41) is 4.77. The van der Waals surface area contributed by atoms with Crippen molar-refractivity contribution in [2.24, 2.45) is 11.5 Å². The Labute approximate surface area is 177 Å². The number of unbranched alkanes of at least 4 members (excludes halogenated alkanes) is 1. The fraction of sp³-hybridized carbons (Fsp3) is 0.320. The van der Waals surface area contributed by atoms with Crippen LogP contribution in [0, 0.1) is 0 Å². The number of nitrogens with zero attached hydrogens (tertiary/aromatic N) is 1. The lowest BCUT2D eigenvalue weighted by atomic mass is 9.96. The van der Waals surface area contributed by atoms with Crippen molar-refractivity contribution >= 4 is 33.7 Å². The molecule has 4 N–H and O–H groups in total. The molecule has 1 aliphatic carbocycles. The van der Waals surface area contributed by atoms with Gasteiger partial charge in [-0.05, 0) is 83.6 Å². The molecule has 0 bridgehead atoms. The molecule has 0 radical (unpaired) electrons. The topological polar surface area (TPSA) is 81.6 Å². The van der Waals surface area contributed by atoms with Crippen LogP contribution < -0.4 is 16.2 Å². The molecule has 5 nitrogen and oxygen atoms in total. The van der Waals surface area contributed by atoms with Gasteiger partial charge in [-0.2, -0.15) is 0 Å². The number of fused-ring (bicyclic) bond motifs is 5. The molecule has 30 heavy (non-hydrogen) atoms. The van der Waals surface area contributed by atoms with Crippen molar-refractivity contribution in [3.8, 4) is 5.75 Å². The average Bonchev–Trinajstić information content (AvgIpc) is 3.25. The van der Waals surface area contributed by atoms with Crippen molar-refractivity contribution in [2.75, 3.05) is 26.2 Å². The highest BCUT2D eigenvalue weighted by atomic mass is 16.6. The Morgan fingerprint density at radius 3 is 2.50 bits per heavy atom. The highest BCUT2D eigenvalue weighted by Crippen LogP contribution is 2.34. The van der Waals surface area contributed by atoms with Crippen LogP contribution in [0.1, 0.15) is 30.4 Å². The molecule has 156 valence electrons. The zero-order chi connectivity index (χ0) is 20.9. The zero-order valence-corrected chi connectivity index (χ0v) is 17.3. The van der Waals surface area contributed by atoms with Gasteiger partial charge in [0.2, 0.25) is 0 Å². The second kappa shape index (κ2) is 9.28. The highest BCUT2D eigenvalue weighted by molar-refractivity contribution is 6.09. The summed E-state index contributed by atoms with van der Waals surface area (Å²) >= 11 is 0. The average molecular weight is 404 g/mol. The summed E-state index contributed by atoms with van der Waals surface area (Å²) in [5.74, 6) is 0.561. The van der Waals surface area contributed by atoms with Crippen LogP contribution in [0.4, 0.5) is 4.79 Å². The molecular formula is C25H29N3O2. The van der Waals surface area contributed by atoms with Crippen LogP contribution in [0.5, 0.6) is 5.75 Å². The molecule has 0 saturated heterocycles. The van der Waals surface area contributed by atoms with Gasteiger partial charge < -0.3 is 21.1 Å². The van der Waals surface area contributed by atoms with Gasteiger partial charge in [-0.25, -0.2) is 4.79 Å². The predicted molar refractivity (Wildman–Crippen MR) is 124 cm³/mol. The zero-order valence-electron chi connectivity index (χ0n) is 17.3. The van der Waals surface area contributed by atoms with Gasteiger partial charge in [0.15, 0.2) is 0 Å². The Hall–Kier alpha value is -2.89. The van der Waals surface area contributed by atoms with Gasteiger partial charge in [0.25, 0.3) is 0 Å². The summed E-state index contributed by atoms with van der Waals surface area (Å²) in [6.45, 7) is 2.39. The van der Waals surface area contributed by atoms with E-state index in [0.29, 0.717) is 31.9 Å².